The monoisotopic (exact) mass is 271 g/mol. The van der Waals surface area contributed by atoms with Gasteiger partial charge < -0.3 is 16.0 Å². The largest absolute Gasteiger partial charge is 0.356 e. The van der Waals surface area contributed by atoms with Crippen LogP contribution in [0.4, 0.5) is 4.79 Å². The molecule has 0 aromatic rings. The Morgan fingerprint density at radius 2 is 1.37 bits per heavy atom. The Balaban J connectivity index is 4.25. The van der Waals surface area contributed by atoms with Gasteiger partial charge in [0.05, 0.1) is 0 Å². The minimum atomic E-state index is -0.129. The molecule has 0 spiro atoms. The van der Waals surface area contributed by atoms with Crippen molar-refractivity contribution in [2.24, 2.45) is 10.8 Å². The average Bonchev–Trinajstić information content (AvgIpc) is 2.23. The third-order valence-electron chi connectivity index (χ3n) is 2.84. The van der Waals surface area contributed by atoms with Gasteiger partial charge in [0.2, 0.25) is 5.91 Å². The van der Waals surface area contributed by atoms with Crippen LogP contribution in [-0.4, -0.2) is 31.6 Å². The molecule has 0 fully saturated rings. The van der Waals surface area contributed by atoms with E-state index in [2.05, 4.69) is 43.6 Å². The summed E-state index contributed by atoms with van der Waals surface area (Å²) < 4.78 is 0. The molecule has 0 aliphatic rings. The van der Waals surface area contributed by atoms with Gasteiger partial charge in [-0.3, -0.25) is 4.79 Å². The lowest BCUT2D eigenvalue weighted by molar-refractivity contribution is -0.119. The summed E-state index contributed by atoms with van der Waals surface area (Å²) in [7, 11) is 0. The van der Waals surface area contributed by atoms with E-state index in [1.165, 1.54) is 6.92 Å². The highest BCUT2D eigenvalue weighted by Crippen LogP contribution is 2.32. The maximum Gasteiger partial charge on any atom is 0.314 e. The summed E-state index contributed by atoms with van der Waals surface area (Å²) in [4.78, 5) is 22.4. The second-order valence-corrected chi connectivity index (χ2v) is 6.63. The first-order valence-electron chi connectivity index (χ1n) is 6.84. The summed E-state index contributed by atoms with van der Waals surface area (Å²) in [6.07, 6.45) is 0.909. The van der Waals surface area contributed by atoms with Gasteiger partial charge in [0, 0.05) is 26.6 Å². The molecule has 5 heteroatoms. The molecule has 0 saturated carbocycles. The molecule has 3 N–H and O–H groups in total. The second kappa shape index (κ2) is 7.36. The molecule has 5 nitrogen and oxygen atoms in total. The summed E-state index contributed by atoms with van der Waals surface area (Å²) in [5.41, 5.74) is -0.0227. The number of amides is 3. The topological polar surface area (TPSA) is 70.2 Å². The molecule has 0 aromatic carbocycles. The van der Waals surface area contributed by atoms with Crippen LogP contribution in [0.5, 0.6) is 0 Å². The summed E-state index contributed by atoms with van der Waals surface area (Å²) >= 11 is 0. The Kier molecular flexibility index (Phi) is 6.87. The van der Waals surface area contributed by atoms with E-state index in [9.17, 15) is 9.59 Å². The SMILES string of the molecule is CCNC(=O)NCC(C)(C)CC(C)(C)CNC(C)=O. The van der Waals surface area contributed by atoms with Crippen molar-refractivity contribution in [3.8, 4) is 0 Å². The predicted octanol–water partition coefficient (Wildman–Crippen LogP) is 1.88. The third-order valence-corrected chi connectivity index (χ3v) is 2.84. The van der Waals surface area contributed by atoms with Crippen LogP contribution in [-0.2, 0) is 4.79 Å². The Morgan fingerprint density at radius 1 is 0.895 bits per heavy atom. The van der Waals surface area contributed by atoms with Gasteiger partial charge in [-0.15, -0.1) is 0 Å². The van der Waals surface area contributed by atoms with Crippen molar-refractivity contribution in [1.82, 2.24) is 16.0 Å². The molecule has 0 atom stereocenters. The molecular formula is C14H29N3O2. The zero-order valence-electron chi connectivity index (χ0n) is 13.1. The van der Waals surface area contributed by atoms with Gasteiger partial charge in [0.25, 0.3) is 0 Å². The van der Waals surface area contributed by atoms with Crippen molar-refractivity contribution in [3.05, 3.63) is 0 Å². The van der Waals surface area contributed by atoms with Crippen molar-refractivity contribution in [2.75, 3.05) is 19.6 Å². The number of nitrogens with one attached hydrogen (secondary N) is 3. The fourth-order valence-corrected chi connectivity index (χ4v) is 2.33. The maximum absolute atomic E-state index is 11.4. The zero-order chi connectivity index (χ0) is 15.1. The molecule has 0 aromatic heterocycles. The molecule has 3 amide bonds. The molecule has 0 unspecified atom stereocenters. The number of urea groups is 1. The van der Waals surface area contributed by atoms with Crippen molar-refractivity contribution in [2.45, 2.75) is 48.0 Å². The summed E-state index contributed by atoms with van der Waals surface area (Å²) in [6, 6.07) is -0.129. The highest BCUT2D eigenvalue weighted by Gasteiger charge is 2.29. The molecule has 0 radical (unpaired) electrons. The van der Waals surface area contributed by atoms with Gasteiger partial charge in [-0.1, -0.05) is 27.7 Å². The molecule has 0 bridgehead atoms. The fraction of sp³-hybridized carbons (Fsp3) is 0.857. The molecule has 0 saturated heterocycles. The van der Waals surface area contributed by atoms with Gasteiger partial charge in [-0.25, -0.2) is 4.79 Å². The molecule has 112 valence electrons. The van der Waals surface area contributed by atoms with E-state index in [0.717, 1.165) is 6.42 Å². The summed E-state index contributed by atoms with van der Waals surface area (Å²) in [5, 5.41) is 8.44. The quantitative estimate of drug-likeness (QED) is 0.661. The molecule has 0 aliphatic carbocycles. The van der Waals surface area contributed by atoms with Crippen molar-refractivity contribution >= 4 is 11.9 Å². The number of carbonyl (C=O) groups excluding carboxylic acids is 2. The number of rotatable bonds is 7. The normalized spacial score (nSPS) is 11.9. The Hall–Kier alpha value is -1.26. The minimum absolute atomic E-state index is 0.00190. The van der Waals surface area contributed by atoms with E-state index in [1.54, 1.807) is 0 Å². The lowest BCUT2D eigenvalue weighted by Gasteiger charge is -2.35. The predicted molar refractivity (Wildman–Crippen MR) is 77.9 cm³/mol. The first-order valence-corrected chi connectivity index (χ1v) is 6.84. The lowest BCUT2D eigenvalue weighted by Crippen LogP contribution is -2.43. The second-order valence-electron chi connectivity index (χ2n) is 6.63. The van der Waals surface area contributed by atoms with Gasteiger partial charge in [0.1, 0.15) is 0 Å². The number of carbonyl (C=O) groups is 2. The van der Waals surface area contributed by atoms with Crippen LogP contribution in [0.2, 0.25) is 0 Å². The van der Waals surface area contributed by atoms with Crippen molar-refractivity contribution < 1.29 is 9.59 Å². The van der Waals surface area contributed by atoms with E-state index >= 15 is 0 Å². The number of hydrogen-bond acceptors (Lipinski definition) is 2. The van der Waals surface area contributed by atoms with E-state index in [0.29, 0.717) is 19.6 Å². The number of hydrogen-bond donors (Lipinski definition) is 3. The highest BCUT2D eigenvalue weighted by atomic mass is 16.2. The van der Waals surface area contributed by atoms with Gasteiger partial charge in [-0.2, -0.15) is 0 Å². The Labute approximate surface area is 116 Å². The average molecular weight is 271 g/mol. The van der Waals surface area contributed by atoms with Crippen molar-refractivity contribution in [3.63, 3.8) is 0 Å². The zero-order valence-corrected chi connectivity index (χ0v) is 13.1. The van der Waals surface area contributed by atoms with Crippen LogP contribution in [0.25, 0.3) is 0 Å². The maximum atomic E-state index is 11.4. The van der Waals surface area contributed by atoms with Crippen LogP contribution in [0, 0.1) is 10.8 Å². The van der Waals surface area contributed by atoms with E-state index in [4.69, 9.17) is 0 Å². The van der Waals surface area contributed by atoms with Gasteiger partial charge >= 0.3 is 6.03 Å². The van der Waals surface area contributed by atoms with Crippen LogP contribution in [0.1, 0.15) is 48.0 Å². The summed E-state index contributed by atoms with van der Waals surface area (Å²) in [5.74, 6) is -0.00803. The van der Waals surface area contributed by atoms with E-state index in [1.807, 2.05) is 6.92 Å². The van der Waals surface area contributed by atoms with Gasteiger partial charge in [0.15, 0.2) is 0 Å². The molecule has 0 heterocycles. The summed E-state index contributed by atoms with van der Waals surface area (Å²) in [6.45, 7) is 13.8. The molecule has 19 heavy (non-hydrogen) atoms. The first kappa shape index (κ1) is 17.7. The van der Waals surface area contributed by atoms with Crippen LogP contribution in [0.3, 0.4) is 0 Å². The minimum Gasteiger partial charge on any atom is -0.356 e. The van der Waals surface area contributed by atoms with Crippen LogP contribution < -0.4 is 16.0 Å². The third kappa shape index (κ3) is 9.33. The van der Waals surface area contributed by atoms with Gasteiger partial charge in [-0.05, 0) is 24.2 Å². The van der Waals surface area contributed by atoms with Crippen LogP contribution >= 0.6 is 0 Å². The van der Waals surface area contributed by atoms with Crippen LogP contribution in [0.15, 0.2) is 0 Å². The molecule has 0 rings (SSSR count). The van der Waals surface area contributed by atoms with E-state index < -0.39 is 0 Å². The fourth-order valence-electron chi connectivity index (χ4n) is 2.33. The standard InChI is InChI=1S/C14H29N3O2/c1-7-15-12(19)17-10-14(5,6)8-13(3,4)9-16-11(2)18/h7-10H2,1-6H3,(H,16,18)(H2,15,17,19). The Bertz CT molecular complexity index is 312. The van der Waals surface area contributed by atoms with Crippen molar-refractivity contribution in [1.29, 1.82) is 0 Å². The molecule has 0 aliphatic heterocycles. The smallest absolute Gasteiger partial charge is 0.314 e. The highest BCUT2D eigenvalue weighted by molar-refractivity contribution is 5.73. The van der Waals surface area contributed by atoms with E-state index in [-0.39, 0.29) is 22.8 Å². The molecular weight excluding hydrogens is 242 g/mol. The Morgan fingerprint density at radius 3 is 1.79 bits per heavy atom. The first-order chi connectivity index (χ1) is 8.58. The lowest BCUT2D eigenvalue weighted by atomic mass is 9.75.